The lowest BCUT2D eigenvalue weighted by Gasteiger charge is -2.39. The van der Waals surface area contributed by atoms with Gasteiger partial charge in [0.2, 0.25) is 0 Å². The number of hydrogen-bond acceptors (Lipinski definition) is 4. The van der Waals surface area contributed by atoms with Crippen molar-refractivity contribution in [3.8, 4) is 0 Å². The van der Waals surface area contributed by atoms with Crippen molar-refractivity contribution in [1.82, 2.24) is 9.97 Å². The Bertz CT molecular complexity index is 809. The van der Waals surface area contributed by atoms with Crippen LogP contribution in [0.15, 0.2) is 6.33 Å². The Balaban J connectivity index is 1.64. The van der Waals surface area contributed by atoms with Crippen LogP contribution >= 0.6 is 11.3 Å². The van der Waals surface area contributed by atoms with Gasteiger partial charge in [-0.25, -0.2) is 9.97 Å². The molecule has 24 heavy (non-hydrogen) atoms. The first kappa shape index (κ1) is 15.1. The molecule has 128 valence electrons. The second kappa shape index (κ2) is 4.94. The Morgan fingerprint density at radius 2 is 1.96 bits per heavy atom. The summed E-state index contributed by atoms with van der Waals surface area (Å²) in [6.45, 7) is 8.55. The van der Waals surface area contributed by atoms with Gasteiger partial charge in [-0.2, -0.15) is 0 Å². The summed E-state index contributed by atoms with van der Waals surface area (Å²) in [5.41, 5.74) is 2.47. The van der Waals surface area contributed by atoms with Gasteiger partial charge < -0.3 is 4.90 Å². The van der Waals surface area contributed by atoms with E-state index in [0.29, 0.717) is 16.9 Å². The van der Waals surface area contributed by atoms with E-state index in [1.54, 1.807) is 16.8 Å². The zero-order valence-electron chi connectivity index (χ0n) is 15.1. The van der Waals surface area contributed by atoms with Crippen LogP contribution in [0, 0.1) is 10.8 Å². The Morgan fingerprint density at radius 3 is 2.83 bits per heavy atom. The standard InChI is InChI=1S/C20H27N3S/c1-19(2)8-13-9-20(3,10-19)11-23(13)17-16-14-6-4-5-7-15(14)24-18(16)22-12-21-17/h12-13H,4-11H2,1-3H3. The van der Waals surface area contributed by atoms with Gasteiger partial charge in [0, 0.05) is 17.5 Å². The molecule has 3 heterocycles. The van der Waals surface area contributed by atoms with Gasteiger partial charge in [-0.1, -0.05) is 20.8 Å². The molecule has 1 aliphatic heterocycles. The molecule has 0 aromatic carbocycles. The lowest BCUT2D eigenvalue weighted by molar-refractivity contribution is 0.136. The van der Waals surface area contributed by atoms with Crippen molar-refractivity contribution < 1.29 is 0 Å². The maximum atomic E-state index is 4.83. The monoisotopic (exact) mass is 341 g/mol. The van der Waals surface area contributed by atoms with Crippen LogP contribution in [-0.4, -0.2) is 22.6 Å². The number of rotatable bonds is 1. The highest BCUT2D eigenvalue weighted by Gasteiger charge is 2.50. The Labute approximate surface area is 148 Å². The summed E-state index contributed by atoms with van der Waals surface area (Å²) in [4.78, 5) is 14.9. The predicted octanol–water partition coefficient (Wildman–Crippen LogP) is 4.98. The molecule has 2 aromatic rings. The SMILES string of the molecule is CC1(C)CC2CC(C)(CN2c2ncnc3sc4c(c23)CCCC4)C1. The van der Waals surface area contributed by atoms with Gasteiger partial charge in [-0.3, -0.25) is 0 Å². The van der Waals surface area contributed by atoms with Crippen molar-refractivity contribution in [2.24, 2.45) is 10.8 Å². The first-order valence-corrected chi connectivity index (χ1v) is 10.3. The number of thiophene rings is 1. The fourth-order valence-corrected chi connectivity index (χ4v) is 7.22. The summed E-state index contributed by atoms with van der Waals surface area (Å²) in [5, 5.41) is 1.39. The largest absolute Gasteiger partial charge is 0.352 e. The molecular weight excluding hydrogens is 314 g/mol. The highest BCUT2D eigenvalue weighted by atomic mass is 32.1. The van der Waals surface area contributed by atoms with Crippen molar-refractivity contribution in [1.29, 1.82) is 0 Å². The van der Waals surface area contributed by atoms with Crippen molar-refractivity contribution >= 4 is 27.4 Å². The summed E-state index contributed by atoms with van der Waals surface area (Å²) in [5.74, 6) is 1.24. The molecule has 3 nitrogen and oxygen atoms in total. The minimum Gasteiger partial charge on any atom is -0.352 e. The van der Waals surface area contributed by atoms with Crippen molar-refractivity contribution in [3.05, 3.63) is 16.8 Å². The van der Waals surface area contributed by atoms with E-state index in [9.17, 15) is 0 Å². The molecule has 5 rings (SSSR count). The van der Waals surface area contributed by atoms with E-state index < -0.39 is 0 Å². The maximum absolute atomic E-state index is 4.83. The van der Waals surface area contributed by atoms with Crippen molar-refractivity contribution in [3.63, 3.8) is 0 Å². The van der Waals surface area contributed by atoms with E-state index >= 15 is 0 Å². The van der Waals surface area contributed by atoms with Gasteiger partial charge in [0.15, 0.2) is 0 Å². The Kier molecular flexibility index (Phi) is 3.11. The normalized spacial score (nSPS) is 31.5. The van der Waals surface area contributed by atoms with Crippen LogP contribution in [0.25, 0.3) is 10.2 Å². The molecule has 4 heteroatoms. The molecule has 0 amide bonds. The zero-order valence-corrected chi connectivity index (χ0v) is 15.9. The van der Waals surface area contributed by atoms with Crippen LogP contribution in [0.1, 0.15) is 63.3 Å². The maximum Gasteiger partial charge on any atom is 0.141 e. The Morgan fingerprint density at radius 1 is 1.12 bits per heavy atom. The molecule has 2 fully saturated rings. The fraction of sp³-hybridized carbons (Fsp3) is 0.700. The number of nitrogens with zero attached hydrogens (tertiary/aromatic N) is 3. The fourth-order valence-electron chi connectivity index (χ4n) is 6.00. The number of aromatic nitrogens is 2. The summed E-state index contributed by atoms with van der Waals surface area (Å²) in [7, 11) is 0. The first-order chi connectivity index (χ1) is 11.4. The van der Waals surface area contributed by atoms with E-state index in [4.69, 9.17) is 4.98 Å². The van der Waals surface area contributed by atoms with Gasteiger partial charge in [0.1, 0.15) is 17.0 Å². The van der Waals surface area contributed by atoms with Gasteiger partial charge in [0.25, 0.3) is 0 Å². The quantitative estimate of drug-likeness (QED) is 0.733. The topological polar surface area (TPSA) is 29.0 Å². The summed E-state index contributed by atoms with van der Waals surface area (Å²) >= 11 is 1.92. The number of anilines is 1. The summed E-state index contributed by atoms with van der Waals surface area (Å²) < 4.78 is 0. The lowest BCUT2D eigenvalue weighted by Crippen LogP contribution is -2.35. The van der Waals surface area contributed by atoms with Gasteiger partial charge >= 0.3 is 0 Å². The smallest absolute Gasteiger partial charge is 0.141 e. The van der Waals surface area contributed by atoms with Gasteiger partial charge in [0.05, 0.1) is 5.39 Å². The van der Waals surface area contributed by atoms with Crippen molar-refractivity contribution in [2.75, 3.05) is 11.4 Å². The molecule has 0 spiro atoms. The highest BCUT2D eigenvalue weighted by molar-refractivity contribution is 7.19. The van der Waals surface area contributed by atoms with E-state index in [2.05, 4.69) is 30.7 Å². The minimum atomic E-state index is 0.444. The lowest BCUT2D eigenvalue weighted by atomic mass is 9.65. The van der Waals surface area contributed by atoms with Crippen LogP contribution in [0.5, 0.6) is 0 Å². The zero-order chi connectivity index (χ0) is 16.5. The minimum absolute atomic E-state index is 0.444. The molecule has 2 aliphatic carbocycles. The average molecular weight is 342 g/mol. The van der Waals surface area contributed by atoms with Gasteiger partial charge in [-0.05, 0) is 61.3 Å². The summed E-state index contributed by atoms with van der Waals surface area (Å²) in [6, 6.07) is 0.649. The molecule has 2 atom stereocenters. The van der Waals surface area contributed by atoms with Gasteiger partial charge in [-0.15, -0.1) is 11.3 Å². The number of aryl methyl sites for hydroxylation is 2. The molecule has 2 aromatic heterocycles. The molecule has 1 saturated carbocycles. The first-order valence-electron chi connectivity index (χ1n) is 9.46. The van der Waals surface area contributed by atoms with E-state index in [1.165, 1.54) is 61.0 Å². The van der Waals surface area contributed by atoms with Crippen LogP contribution in [0.4, 0.5) is 5.82 Å². The highest BCUT2D eigenvalue weighted by Crippen LogP contribution is 2.54. The molecule has 1 saturated heterocycles. The van der Waals surface area contributed by atoms with Crippen LogP contribution in [0.2, 0.25) is 0 Å². The number of fused-ring (bicyclic) bond motifs is 5. The van der Waals surface area contributed by atoms with Crippen LogP contribution in [-0.2, 0) is 12.8 Å². The molecule has 2 unspecified atom stereocenters. The third kappa shape index (κ3) is 2.22. The van der Waals surface area contributed by atoms with E-state index in [-0.39, 0.29) is 0 Å². The van der Waals surface area contributed by atoms with E-state index in [1.807, 2.05) is 11.3 Å². The third-order valence-electron chi connectivity index (χ3n) is 6.42. The second-order valence-electron chi connectivity index (χ2n) is 9.43. The van der Waals surface area contributed by atoms with Crippen molar-refractivity contribution in [2.45, 2.75) is 71.8 Å². The van der Waals surface area contributed by atoms with Crippen LogP contribution in [0.3, 0.4) is 0 Å². The third-order valence-corrected chi connectivity index (χ3v) is 7.62. The number of hydrogen-bond donors (Lipinski definition) is 0. The van der Waals surface area contributed by atoms with E-state index in [0.717, 1.165) is 6.54 Å². The molecule has 0 N–H and O–H groups in total. The molecular formula is C20H27N3S. The molecule has 3 aliphatic rings. The summed E-state index contributed by atoms with van der Waals surface area (Å²) in [6.07, 6.45) is 10.9. The predicted molar refractivity (Wildman–Crippen MR) is 101 cm³/mol. The second-order valence-corrected chi connectivity index (χ2v) is 10.5. The molecule has 0 radical (unpaired) electrons. The van der Waals surface area contributed by atoms with Crippen LogP contribution < -0.4 is 4.90 Å². The average Bonchev–Trinajstić information content (AvgIpc) is 3.00. The Hall–Kier alpha value is -1.16. The molecule has 2 bridgehead atoms.